The van der Waals surface area contributed by atoms with Crippen molar-refractivity contribution < 1.29 is 4.79 Å². The number of hydrogen-bond acceptors (Lipinski definition) is 3. The molecule has 1 aromatic rings. The van der Waals surface area contributed by atoms with Crippen LogP contribution in [-0.4, -0.2) is 23.4 Å². The van der Waals surface area contributed by atoms with Crippen LogP contribution in [0.2, 0.25) is 0 Å². The molecule has 15 heavy (non-hydrogen) atoms. The van der Waals surface area contributed by atoms with Crippen LogP contribution in [0.15, 0.2) is 10.8 Å². The van der Waals surface area contributed by atoms with Gasteiger partial charge >= 0.3 is 0 Å². The van der Waals surface area contributed by atoms with Crippen molar-refractivity contribution in [2.45, 2.75) is 25.8 Å². The van der Waals surface area contributed by atoms with Gasteiger partial charge in [0, 0.05) is 11.9 Å². The summed E-state index contributed by atoms with van der Waals surface area (Å²) in [5.74, 6) is 0.0119. The Hall–Kier alpha value is -1.34. The van der Waals surface area contributed by atoms with Gasteiger partial charge in [0.15, 0.2) is 0 Å². The first-order valence-electron chi connectivity index (χ1n) is 4.97. The lowest BCUT2D eigenvalue weighted by molar-refractivity contribution is 0.0765. The third kappa shape index (κ3) is 1.75. The van der Waals surface area contributed by atoms with Crippen LogP contribution in [0.5, 0.6) is 0 Å². The molecule has 1 unspecified atom stereocenters. The molecule has 0 saturated carbocycles. The molecule has 0 N–H and O–H groups in total. The first-order valence-corrected chi connectivity index (χ1v) is 5.91. The first-order chi connectivity index (χ1) is 7.24. The van der Waals surface area contributed by atoms with Crippen LogP contribution >= 0.6 is 11.3 Å². The van der Waals surface area contributed by atoms with Crippen LogP contribution in [0, 0.1) is 18.3 Å². The third-order valence-electron chi connectivity index (χ3n) is 2.75. The van der Waals surface area contributed by atoms with Gasteiger partial charge < -0.3 is 4.90 Å². The molecule has 1 atom stereocenters. The van der Waals surface area contributed by atoms with Crippen LogP contribution in [-0.2, 0) is 0 Å². The first kappa shape index (κ1) is 10.2. The summed E-state index contributed by atoms with van der Waals surface area (Å²) >= 11 is 1.53. The van der Waals surface area contributed by atoms with Crippen molar-refractivity contribution in [2.75, 3.05) is 6.54 Å². The van der Waals surface area contributed by atoms with Crippen molar-refractivity contribution in [3.8, 4) is 6.07 Å². The van der Waals surface area contributed by atoms with Gasteiger partial charge in [-0.2, -0.15) is 16.6 Å². The minimum Gasteiger partial charge on any atom is -0.323 e. The summed E-state index contributed by atoms with van der Waals surface area (Å²) in [7, 11) is 0. The van der Waals surface area contributed by atoms with Crippen LogP contribution in [0.25, 0.3) is 0 Å². The molecular formula is C11H12N2OS. The highest BCUT2D eigenvalue weighted by Crippen LogP contribution is 2.22. The van der Waals surface area contributed by atoms with Crippen molar-refractivity contribution in [1.29, 1.82) is 5.26 Å². The fraction of sp³-hybridized carbons (Fsp3) is 0.455. The summed E-state index contributed by atoms with van der Waals surface area (Å²) in [6.07, 6.45) is 1.75. The molecule has 1 saturated heterocycles. The Morgan fingerprint density at radius 1 is 1.67 bits per heavy atom. The van der Waals surface area contributed by atoms with E-state index in [1.54, 1.807) is 4.90 Å². The number of rotatable bonds is 1. The van der Waals surface area contributed by atoms with Gasteiger partial charge in [-0.05, 0) is 30.7 Å². The van der Waals surface area contributed by atoms with E-state index in [2.05, 4.69) is 6.07 Å². The van der Waals surface area contributed by atoms with E-state index in [1.807, 2.05) is 17.7 Å². The summed E-state index contributed by atoms with van der Waals surface area (Å²) in [4.78, 5) is 13.8. The molecule has 1 aliphatic heterocycles. The zero-order valence-corrected chi connectivity index (χ0v) is 9.38. The van der Waals surface area contributed by atoms with Gasteiger partial charge in [-0.1, -0.05) is 0 Å². The van der Waals surface area contributed by atoms with E-state index in [0.717, 1.165) is 24.0 Å². The monoisotopic (exact) mass is 220 g/mol. The zero-order valence-electron chi connectivity index (χ0n) is 8.56. The summed E-state index contributed by atoms with van der Waals surface area (Å²) in [5, 5.41) is 12.7. The summed E-state index contributed by atoms with van der Waals surface area (Å²) in [5.41, 5.74) is 1.76. The van der Waals surface area contributed by atoms with Crippen molar-refractivity contribution in [1.82, 2.24) is 4.90 Å². The van der Waals surface area contributed by atoms with Crippen molar-refractivity contribution in [2.24, 2.45) is 0 Å². The molecule has 2 heterocycles. The highest BCUT2D eigenvalue weighted by Gasteiger charge is 2.29. The summed E-state index contributed by atoms with van der Waals surface area (Å²) in [6.45, 7) is 2.65. The Morgan fingerprint density at radius 3 is 3.07 bits per heavy atom. The van der Waals surface area contributed by atoms with Gasteiger partial charge in [0.05, 0.1) is 11.6 Å². The Morgan fingerprint density at radius 2 is 2.47 bits per heavy atom. The fourth-order valence-electron chi connectivity index (χ4n) is 1.88. The van der Waals surface area contributed by atoms with Gasteiger partial charge in [0.25, 0.3) is 5.91 Å². The molecule has 1 aromatic heterocycles. The molecule has 2 rings (SSSR count). The Bertz CT molecular complexity index is 418. The Balaban J connectivity index is 2.22. The number of nitrogens with zero attached hydrogens (tertiary/aromatic N) is 2. The number of carbonyl (C=O) groups is 1. The minimum atomic E-state index is -0.225. The van der Waals surface area contributed by atoms with E-state index < -0.39 is 0 Å². The molecule has 0 spiro atoms. The molecule has 4 heteroatoms. The quantitative estimate of drug-likeness (QED) is 0.728. The SMILES string of the molecule is Cc1cscc1C(=O)N1CCCC1C#N. The van der Waals surface area contributed by atoms with E-state index >= 15 is 0 Å². The van der Waals surface area contributed by atoms with Crippen LogP contribution in [0.3, 0.4) is 0 Å². The highest BCUT2D eigenvalue weighted by atomic mass is 32.1. The van der Waals surface area contributed by atoms with Crippen molar-refractivity contribution in [3.05, 3.63) is 21.9 Å². The number of likely N-dealkylation sites (tertiary alicyclic amines) is 1. The molecular weight excluding hydrogens is 208 g/mol. The molecule has 0 aromatic carbocycles. The Kier molecular flexibility index (Phi) is 2.74. The molecule has 0 aliphatic carbocycles. The van der Waals surface area contributed by atoms with Crippen LogP contribution < -0.4 is 0 Å². The number of carbonyl (C=O) groups excluding carboxylic acids is 1. The maximum atomic E-state index is 12.1. The second kappa shape index (κ2) is 4.03. The van der Waals surface area contributed by atoms with Gasteiger partial charge in [-0.15, -0.1) is 0 Å². The van der Waals surface area contributed by atoms with Gasteiger partial charge in [-0.25, -0.2) is 0 Å². The molecule has 1 amide bonds. The molecule has 78 valence electrons. The lowest BCUT2D eigenvalue weighted by Gasteiger charge is -2.19. The van der Waals surface area contributed by atoms with Crippen molar-refractivity contribution >= 4 is 17.2 Å². The molecule has 0 radical (unpaired) electrons. The average molecular weight is 220 g/mol. The topological polar surface area (TPSA) is 44.1 Å². The lowest BCUT2D eigenvalue weighted by Crippen LogP contribution is -2.34. The van der Waals surface area contributed by atoms with Gasteiger partial charge in [-0.3, -0.25) is 4.79 Å². The lowest BCUT2D eigenvalue weighted by atomic mass is 10.2. The predicted octanol–water partition coefficient (Wildman–Crippen LogP) is 2.18. The number of amides is 1. The summed E-state index contributed by atoms with van der Waals surface area (Å²) in [6, 6.07) is 1.96. The largest absolute Gasteiger partial charge is 0.323 e. The number of aryl methyl sites for hydroxylation is 1. The maximum absolute atomic E-state index is 12.1. The Labute approximate surface area is 92.9 Å². The van der Waals surface area contributed by atoms with Crippen LogP contribution in [0.4, 0.5) is 0 Å². The second-order valence-electron chi connectivity index (χ2n) is 3.75. The van der Waals surface area contributed by atoms with Crippen molar-refractivity contribution in [3.63, 3.8) is 0 Å². The average Bonchev–Trinajstić information content (AvgIpc) is 2.84. The highest BCUT2D eigenvalue weighted by molar-refractivity contribution is 7.08. The molecule has 1 aliphatic rings. The normalized spacial score (nSPS) is 20.3. The summed E-state index contributed by atoms with van der Waals surface area (Å²) < 4.78 is 0. The van der Waals surface area contributed by atoms with Crippen LogP contribution in [0.1, 0.15) is 28.8 Å². The zero-order chi connectivity index (χ0) is 10.8. The molecule has 0 bridgehead atoms. The number of nitriles is 1. The number of thiophene rings is 1. The second-order valence-corrected chi connectivity index (χ2v) is 4.50. The molecule has 3 nitrogen and oxygen atoms in total. The van der Waals surface area contributed by atoms with E-state index in [9.17, 15) is 4.79 Å². The predicted molar refractivity (Wildman–Crippen MR) is 58.7 cm³/mol. The maximum Gasteiger partial charge on any atom is 0.256 e. The van der Waals surface area contributed by atoms with E-state index in [4.69, 9.17) is 5.26 Å². The fourth-order valence-corrected chi connectivity index (χ4v) is 2.70. The standard InChI is InChI=1S/C11H12N2OS/c1-8-6-15-7-10(8)11(14)13-4-2-3-9(13)5-12/h6-7,9H,2-4H2,1H3. The third-order valence-corrected chi connectivity index (χ3v) is 3.61. The number of hydrogen-bond donors (Lipinski definition) is 0. The molecule has 1 fully saturated rings. The van der Waals surface area contributed by atoms with Gasteiger partial charge in [0.1, 0.15) is 6.04 Å². The van der Waals surface area contributed by atoms with E-state index in [1.165, 1.54) is 11.3 Å². The smallest absolute Gasteiger partial charge is 0.256 e. The van der Waals surface area contributed by atoms with Gasteiger partial charge in [0.2, 0.25) is 0 Å². The van der Waals surface area contributed by atoms with E-state index in [-0.39, 0.29) is 11.9 Å². The van der Waals surface area contributed by atoms with E-state index in [0.29, 0.717) is 6.54 Å². The minimum absolute atomic E-state index is 0.0119.